The molecule has 4 unspecified atom stereocenters. The number of esters is 1. The van der Waals surface area contributed by atoms with Gasteiger partial charge in [0.1, 0.15) is 6.04 Å². The van der Waals surface area contributed by atoms with Gasteiger partial charge in [-0.2, -0.15) is 4.73 Å². The summed E-state index contributed by atoms with van der Waals surface area (Å²) in [5, 5.41) is 27.8. The van der Waals surface area contributed by atoms with Gasteiger partial charge >= 0.3 is 12.0 Å². The lowest BCUT2D eigenvalue weighted by atomic mass is 10.0. The molecule has 3 aromatic carbocycles. The van der Waals surface area contributed by atoms with Gasteiger partial charge in [0.15, 0.2) is 12.5 Å². The van der Waals surface area contributed by atoms with Crippen molar-refractivity contribution in [3.8, 4) is 0 Å². The van der Waals surface area contributed by atoms with E-state index in [4.69, 9.17) is 14.2 Å². The Balaban J connectivity index is 1.30. The Kier molecular flexibility index (Phi) is 11.0. The minimum Gasteiger partial charge on any atom is -0.618 e. The topological polar surface area (TPSA) is 133 Å². The molecule has 4 aromatic rings. The van der Waals surface area contributed by atoms with Gasteiger partial charge < -0.3 is 35.2 Å². The van der Waals surface area contributed by atoms with E-state index in [1.807, 2.05) is 66.7 Å². The Bertz CT molecular complexity index is 1570. The van der Waals surface area contributed by atoms with Crippen LogP contribution >= 0.6 is 11.8 Å². The first-order valence-electron chi connectivity index (χ1n) is 14.5. The molecule has 1 fully saturated rings. The van der Waals surface area contributed by atoms with E-state index < -0.39 is 24.3 Å². The lowest BCUT2D eigenvalue weighted by Crippen LogP contribution is -2.45. The quantitative estimate of drug-likeness (QED) is 0.0908. The van der Waals surface area contributed by atoms with Crippen LogP contribution in [0.4, 0.5) is 10.5 Å². The molecular weight excluding hydrogens is 594 g/mol. The number of benzene rings is 3. The number of pyridine rings is 1. The van der Waals surface area contributed by atoms with E-state index in [0.717, 1.165) is 21.4 Å². The molecule has 234 valence electrons. The van der Waals surface area contributed by atoms with Crippen LogP contribution < -0.4 is 15.4 Å². The summed E-state index contributed by atoms with van der Waals surface area (Å²) in [6.45, 7) is -0.0525. The fraction of sp³-hybridized carbons (Fsp3) is 0.265. The molecule has 1 aliphatic rings. The molecule has 5 rings (SSSR count). The van der Waals surface area contributed by atoms with E-state index in [9.17, 15) is 19.9 Å². The maximum atomic E-state index is 13.0. The summed E-state index contributed by atoms with van der Waals surface area (Å²) in [5.41, 5.74) is 3.79. The zero-order valence-electron chi connectivity index (χ0n) is 24.7. The third-order valence-corrected chi connectivity index (χ3v) is 8.46. The van der Waals surface area contributed by atoms with Crippen molar-refractivity contribution >= 4 is 29.4 Å². The number of aliphatic hydroxyl groups excluding tert-OH is 1. The van der Waals surface area contributed by atoms with E-state index >= 15 is 0 Å². The molecule has 2 amide bonds. The Morgan fingerprint density at radius 1 is 0.978 bits per heavy atom. The zero-order valence-corrected chi connectivity index (χ0v) is 25.5. The Hall–Kier alpha value is -4.42. The first kappa shape index (κ1) is 32.0. The van der Waals surface area contributed by atoms with Crippen molar-refractivity contribution in [2.75, 3.05) is 18.2 Å². The first-order valence-corrected chi connectivity index (χ1v) is 15.5. The van der Waals surface area contributed by atoms with Crippen LogP contribution in [0.15, 0.2) is 108 Å². The van der Waals surface area contributed by atoms with Gasteiger partial charge in [0, 0.05) is 42.0 Å². The number of carbonyl (C=O) groups excluding carboxylic acids is 2. The highest BCUT2D eigenvalue weighted by molar-refractivity contribution is 7.99. The molecule has 10 nitrogen and oxygen atoms in total. The number of amides is 2. The highest BCUT2D eigenvalue weighted by atomic mass is 32.2. The third-order valence-electron chi connectivity index (χ3n) is 7.31. The second kappa shape index (κ2) is 15.5. The smallest absolute Gasteiger partial charge is 0.328 e. The van der Waals surface area contributed by atoms with Crippen LogP contribution in [0.2, 0.25) is 0 Å². The molecule has 3 N–H and O–H groups in total. The Morgan fingerprint density at radius 3 is 2.49 bits per heavy atom. The largest absolute Gasteiger partial charge is 0.618 e. The van der Waals surface area contributed by atoms with Gasteiger partial charge in [0.25, 0.3) is 5.03 Å². The number of anilines is 1. The van der Waals surface area contributed by atoms with Crippen LogP contribution in [0, 0.1) is 5.21 Å². The van der Waals surface area contributed by atoms with Crippen LogP contribution in [-0.4, -0.2) is 42.1 Å². The minimum absolute atomic E-state index is 0.0525. The predicted octanol–water partition coefficient (Wildman–Crippen LogP) is 5.06. The van der Waals surface area contributed by atoms with Crippen molar-refractivity contribution in [3.05, 3.63) is 131 Å². The average Bonchev–Trinajstić information content (AvgIpc) is 3.07. The molecule has 0 spiro atoms. The number of thioether (sulfide) groups is 1. The fourth-order valence-electron chi connectivity index (χ4n) is 5.00. The SMILES string of the molecule is COC(=O)C(Cc1ccccc1)NC(=O)Nc1cccc(C2OC(CSc3cccc[n+]3[O-])CC(c3ccc(CO)cc3)O2)c1. The van der Waals surface area contributed by atoms with E-state index in [1.54, 1.807) is 30.3 Å². The molecular formula is C34H35N3O7S. The average molecular weight is 630 g/mol. The Labute approximate surface area is 265 Å². The Morgan fingerprint density at radius 2 is 1.76 bits per heavy atom. The summed E-state index contributed by atoms with van der Waals surface area (Å²) in [6, 6.07) is 27.9. The molecule has 4 atom stereocenters. The standard InChI is InChI=1S/C34H35N3O7S/c1-42-32(39)29(18-23-8-3-2-4-9-23)36-34(40)35-27-11-7-10-26(19-27)33-43-28(22-45-31-12-5-6-17-37(31)41)20-30(44-33)25-15-13-24(21-38)14-16-25/h2-17,19,28-30,33,38H,18,20-22H2,1H3,(H2,35,36,40). The van der Waals surface area contributed by atoms with E-state index in [2.05, 4.69) is 10.6 Å². The predicted molar refractivity (Wildman–Crippen MR) is 169 cm³/mol. The number of rotatable bonds is 11. The van der Waals surface area contributed by atoms with Gasteiger partial charge in [-0.25, -0.2) is 9.59 Å². The normalized spacial score (nSPS) is 18.5. The third kappa shape index (κ3) is 8.83. The number of nitrogens with one attached hydrogen (secondary N) is 2. The van der Waals surface area contributed by atoms with Crippen molar-refractivity contribution in [2.24, 2.45) is 0 Å². The monoisotopic (exact) mass is 629 g/mol. The molecule has 11 heteroatoms. The summed E-state index contributed by atoms with van der Waals surface area (Å²) in [5.74, 6) is -0.0275. The van der Waals surface area contributed by atoms with Crippen LogP contribution in [0.25, 0.3) is 0 Å². The van der Waals surface area contributed by atoms with Gasteiger partial charge in [-0.05, 0) is 34.9 Å². The van der Waals surface area contributed by atoms with Crippen LogP contribution in [0.3, 0.4) is 0 Å². The summed E-state index contributed by atoms with van der Waals surface area (Å²) < 4.78 is 18.5. The maximum absolute atomic E-state index is 13.0. The van der Waals surface area contributed by atoms with E-state index in [0.29, 0.717) is 28.5 Å². The van der Waals surface area contributed by atoms with Gasteiger partial charge in [-0.1, -0.05) is 78.5 Å². The van der Waals surface area contributed by atoms with Crippen molar-refractivity contribution in [1.82, 2.24) is 5.32 Å². The molecule has 1 aromatic heterocycles. The molecule has 1 aliphatic heterocycles. The van der Waals surface area contributed by atoms with Crippen molar-refractivity contribution in [1.29, 1.82) is 0 Å². The number of nitrogens with zero attached hydrogens (tertiary/aromatic N) is 1. The molecule has 0 bridgehead atoms. The minimum atomic E-state index is -0.876. The zero-order chi connectivity index (χ0) is 31.6. The van der Waals surface area contributed by atoms with Gasteiger partial charge in [0.05, 0.1) is 25.9 Å². The van der Waals surface area contributed by atoms with Crippen LogP contribution in [-0.2, 0) is 32.0 Å². The highest BCUT2D eigenvalue weighted by Crippen LogP contribution is 2.39. The number of methoxy groups -OCH3 is 1. The van der Waals surface area contributed by atoms with Gasteiger partial charge in [0.2, 0.25) is 0 Å². The molecule has 45 heavy (non-hydrogen) atoms. The second-order valence-electron chi connectivity index (χ2n) is 10.5. The number of hydrogen-bond acceptors (Lipinski definition) is 8. The van der Waals surface area contributed by atoms with E-state index in [-0.39, 0.29) is 25.2 Å². The second-order valence-corrected chi connectivity index (χ2v) is 11.6. The maximum Gasteiger partial charge on any atom is 0.328 e. The van der Waals surface area contributed by atoms with Crippen LogP contribution in [0.1, 0.15) is 41.1 Å². The summed E-state index contributed by atoms with van der Waals surface area (Å²) in [6.07, 6.45) is 0.981. The lowest BCUT2D eigenvalue weighted by molar-refractivity contribution is -0.645. The number of carbonyl (C=O) groups is 2. The summed E-state index contributed by atoms with van der Waals surface area (Å²) in [7, 11) is 1.28. The molecule has 0 radical (unpaired) electrons. The first-order chi connectivity index (χ1) is 21.9. The summed E-state index contributed by atoms with van der Waals surface area (Å²) in [4.78, 5) is 25.4. The van der Waals surface area contributed by atoms with Gasteiger partial charge in [-0.3, -0.25) is 0 Å². The fourth-order valence-corrected chi connectivity index (χ4v) is 5.93. The molecule has 0 aliphatic carbocycles. The molecule has 1 saturated heterocycles. The number of aromatic nitrogens is 1. The number of ether oxygens (including phenoxy) is 3. The van der Waals surface area contributed by atoms with Crippen LogP contribution in [0.5, 0.6) is 0 Å². The van der Waals surface area contributed by atoms with Gasteiger partial charge in [-0.15, -0.1) is 0 Å². The molecule has 0 saturated carbocycles. The van der Waals surface area contributed by atoms with Crippen molar-refractivity contribution in [2.45, 2.75) is 49.0 Å². The highest BCUT2D eigenvalue weighted by Gasteiger charge is 2.33. The van der Waals surface area contributed by atoms with Crippen molar-refractivity contribution in [3.63, 3.8) is 0 Å². The lowest BCUT2D eigenvalue weighted by Gasteiger charge is -2.36. The number of urea groups is 1. The van der Waals surface area contributed by atoms with E-state index in [1.165, 1.54) is 25.1 Å². The summed E-state index contributed by atoms with van der Waals surface area (Å²) >= 11 is 1.41. The molecule has 2 heterocycles. The number of aliphatic hydroxyl groups is 1. The number of hydrogen-bond donors (Lipinski definition) is 3. The van der Waals surface area contributed by atoms with Crippen molar-refractivity contribution < 1.29 is 33.6 Å².